The Kier molecular flexibility index (Phi) is 5.35. The fourth-order valence-electron chi connectivity index (χ4n) is 2.15. The monoisotopic (exact) mass is 376 g/mol. The zero-order chi connectivity index (χ0) is 16.9. The van der Waals surface area contributed by atoms with Gasteiger partial charge in [-0.2, -0.15) is 5.10 Å². The van der Waals surface area contributed by atoms with E-state index >= 15 is 0 Å². The van der Waals surface area contributed by atoms with Crippen molar-refractivity contribution in [1.82, 2.24) is 9.78 Å². The van der Waals surface area contributed by atoms with Crippen LogP contribution in [-0.2, 0) is 6.54 Å². The van der Waals surface area contributed by atoms with Gasteiger partial charge in [-0.1, -0.05) is 53.5 Å². The lowest BCUT2D eigenvalue weighted by atomic mass is 10.2. The van der Waals surface area contributed by atoms with Crippen molar-refractivity contribution in [2.45, 2.75) is 6.54 Å². The summed E-state index contributed by atoms with van der Waals surface area (Å²) < 4.78 is 1.85. The molecule has 1 aromatic heterocycles. The van der Waals surface area contributed by atoms with Crippen LogP contribution >= 0.6 is 35.4 Å². The lowest BCUT2D eigenvalue weighted by Crippen LogP contribution is -2.18. The Bertz CT molecular complexity index is 849. The highest BCUT2D eigenvalue weighted by molar-refractivity contribution is 7.80. The Hall–Kier alpha value is -2.08. The van der Waals surface area contributed by atoms with Crippen molar-refractivity contribution in [3.05, 3.63) is 76.5 Å². The van der Waals surface area contributed by atoms with Crippen molar-refractivity contribution in [1.29, 1.82) is 0 Å². The highest BCUT2D eigenvalue weighted by Crippen LogP contribution is 2.25. The highest BCUT2D eigenvalue weighted by Gasteiger charge is 2.04. The number of hydrogen-bond acceptors (Lipinski definition) is 2. The van der Waals surface area contributed by atoms with Crippen LogP contribution < -0.4 is 10.6 Å². The number of thiocarbonyl (C=S) groups is 1. The van der Waals surface area contributed by atoms with E-state index in [-0.39, 0.29) is 0 Å². The molecule has 0 radical (unpaired) electrons. The molecular formula is C17H14Cl2N4S. The predicted molar refractivity (Wildman–Crippen MR) is 104 cm³/mol. The van der Waals surface area contributed by atoms with Crippen molar-refractivity contribution in [2.75, 3.05) is 10.6 Å². The molecule has 7 heteroatoms. The quantitative estimate of drug-likeness (QED) is 0.625. The van der Waals surface area contributed by atoms with E-state index in [0.29, 0.717) is 21.7 Å². The van der Waals surface area contributed by atoms with Gasteiger partial charge >= 0.3 is 0 Å². The van der Waals surface area contributed by atoms with Crippen LogP contribution in [0.1, 0.15) is 5.56 Å². The molecule has 4 nitrogen and oxygen atoms in total. The second kappa shape index (κ2) is 7.66. The Morgan fingerprint density at radius 2 is 1.75 bits per heavy atom. The highest BCUT2D eigenvalue weighted by atomic mass is 35.5. The van der Waals surface area contributed by atoms with Gasteiger partial charge in [-0.15, -0.1) is 0 Å². The van der Waals surface area contributed by atoms with E-state index in [2.05, 4.69) is 27.9 Å². The first-order valence-electron chi connectivity index (χ1n) is 7.19. The second-order valence-electron chi connectivity index (χ2n) is 5.12. The average Bonchev–Trinajstić information content (AvgIpc) is 2.99. The molecule has 3 rings (SSSR count). The van der Waals surface area contributed by atoms with Crippen LogP contribution in [0.25, 0.3) is 0 Å². The van der Waals surface area contributed by atoms with Crippen molar-refractivity contribution >= 4 is 51.9 Å². The molecule has 0 spiro atoms. The lowest BCUT2D eigenvalue weighted by molar-refractivity contribution is 0.687. The molecule has 2 aromatic carbocycles. The molecule has 0 unspecified atom stereocenters. The van der Waals surface area contributed by atoms with Crippen molar-refractivity contribution < 1.29 is 0 Å². The number of aromatic nitrogens is 2. The van der Waals surface area contributed by atoms with E-state index in [1.807, 2.05) is 29.1 Å². The van der Waals surface area contributed by atoms with Gasteiger partial charge in [-0.05, 0) is 36.0 Å². The molecule has 1 heterocycles. The van der Waals surface area contributed by atoms with Gasteiger partial charge in [0, 0.05) is 11.9 Å². The molecule has 0 amide bonds. The molecule has 122 valence electrons. The molecule has 0 bridgehead atoms. The summed E-state index contributed by atoms with van der Waals surface area (Å²) in [6.07, 6.45) is 3.63. The van der Waals surface area contributed by atoms with Crippen LogP contribution in [0, 0.1) is 0 Å². The van der Waals surface area contributed by atoms with E-state index in [1.165, 1.54) is 5.56 Å². The summed E-state index contributed by atoms with van der Waals surface area (Å²) in [4.78, 5) is 0. The van der Waals surface area contributed by atoms with Gasteiger partial charge in [0.1, 0.15) is 0 Å². The Balaban J connectivity index is 1.59. The summed E-state index contributed by atoms with van der Waals surface area (Å²) in [5.41, 5.74) is 2.76. The van der Waals surface area contributed by atoms with Crippen LogP contribution in [0.15, 0.2) is 60.9 Å². The van der Waals surface area contributed by atoms with Gasteiger partial charge in [0.2, 0.25) is 0 Å². The smallest absolute Gasteiger partial charge is 0.175 e. The van der Waals surface area contributed by atoms with E-state index in [1.54, 1.807) is 24.4 Å². The van der Waals surface area contributed by atoms with Gasteiger partial charge in [-0.3, -0.25) is 4.68 Å². The molecule has 0 aliphatic rings. The largest absolute Gasteiger partial charge is 0.332 e. The summed E-state index contributed by atoms with van der Waals surface area (Å²) in [5.74, 6) is 0. The van der Waals surface area contributed by atoms with Crippen molar-refractivity contribution in [3.63, 3.8) is 0 Å². The van der Waals surface area contributed by atoms with Crippen LogP contribution in [0.4, 0.5) is 11.4 Å². The molecule has 0 aliphatic carbocycles. The molecule has 0 fully saturated rings. The summed E-state index contributed by atoms with van der Waals surface area (Å²) >= 11 is 17.2. The number of halogens is 2. The molecule has 0 saturated heterocycles. The first-order chi connectivity index (χ1) is 11.6. The fraction of sp³-hybridized carbons (Fsp3) is 0.0588. The molecule has 2 N–H and O–H groups in total. The average molecular weight is 377 g/mol. The van der Waals surface area contributed by atoms with Gasteiger partial charge in [0.15, 0.2) is 5.11 Å². The second-order valence-corrected chi connectivity index (χ2v) is 6.34. The number of hydrogen-bond donors (Lipinski definition) is 2. The Morgan fingerprint density at radius 1 is 1.00 bits per heavy atom. The third kappa shape index (κ3) is 4.47. The van der Waals surface area contributed by atoms with Crippen molar-refractivity contribution in [3.8, 4) is 0 Å². The minimum Gasteiger partial charge on any atom is -0.332 e. The summed E-state index contributed by atoms with van der Waals surface area (Å²) in [5, 5.41) is 11.9. The van der Waals surface area contributed by atoms with Crippen molar-refractivity contribution in [2.24, 2.45) is 0 Å². The molecule has 0 atom stereocenters. The summed E-state index contributed by atoms with van der Waals surface area (Å²) in [6, 6.07) is 15.4. The summed E-state index contributed by atoms with van der Waals surface area (Å²) in [6.45, 7) is 0.704. The molecule has 0 aliphatic heterocycles. The zero-order valence-electron chi connectivity index (χ0n) is 12.5. The lowest BCUT2D eigenvalue weighted by Gasteiger charge is -2.09. The van der Waals surface area contributed by atoms with Gasteiger partial charge in [0.25, 0.3) is 0 Å². The van der Waals surface area contributed by atoms with E-state index in [0.717, 1.165) is 11.4 Å². The summed E-state index contributed by atoms with van der Waals surface area (Å²) in [7, 11) is 0. The maximum absolute atomic E-state index is 5.99. The normalized spacial score (nSPS) is 10.4. The van der Waals surface area contributed by atoms with Gasteiger partial charge < -0.3 is 10.6 Å². The van der Waals surface area contributed by atoms with E-state index in [9.17, 15) is 0 Å². The topological polar surface area (TPSA) is 41.9 Å². The van der Waals surface area contributed by atoms with Crippen LogP contribution in [0.5, 0.6) is 0 Å². The number of rotatable bonds is 4. The Labute approximate surface area is 155 Å². The Morgan fingerprint density at radius 3 is 2.50 bits per heavy atom. The SMILES string of the molecule is S=C(Nc1ccc(Cl)c(Cl)c1)Nc1cnn(Cc2ccccc2)c1. The minimum atomic E-state index is 0.452. The maximum Gasteiger partial charge on any atom is 0.175 e. The first-order valence-corrected chi connectivity index (χ1v) is 8.36. The first kappa shape index (κ1) is 16.8. The minimum absolute atomic E-state index is 0.452. The van der Waals surface area contributed by atoms with Gasteiger partial charge in [-0.25, -0.2) is 0 Å². The fourth-order valence-corrected chi connectivity index (χ4v) is 2.69. The van der Waals surface area contributed by atoms with E-state index < -0.39 is 0 Å². The third-order valence-corrected chi connectivity index (χ3v) is 4.20. The number of nitrogens with zero attached hydrogens (tertiary/aromatic N) is 2. The number of benzene rings is 2. The molecule has 3 aromatic rings. The number of nitrogens with one attached hydrogen (secondary N) is 2. The third-order valence-electron chi connectivity index (χ3n) is 3.26. The zero-order valence-corrected chi connectivity index (χ0v) is 14.9. The molecule has 24 heavy (non-hydrogen) atoms. The maximum atomic E-state index is 5.99. The molecular weight excluding hydrogens is 363 g/mol. The number of anilines is 2. The van der Waals surface area contributed by atoms with Gasteiger partial charge in [0.05, 0.1) is 28.5 Å². The van der Waals surface area contributed by atoms with Crippen LogP contribution in [0.2, 0.25) is 10.0 Å². The van der Waals surface area contributed by atoms with Crippen LogP contribution in [0.3, 0.4) is 0 Å². The van der Waals surface area contributed by atoms with Crippen LogP contribution in [-0.4, -0.2) is 14.9 Å². The predicted octanol–water partition coefficient (Wildman–Crippen LogP) is 5.05. The van der Waals surface area contributed by atoms with E-state index in [4.69, 9.17) is 35.4 Å². The molecule has 0 saturated carbocycles. The standard InChI is InChI=1S/C17H14Cl2N4S/c18-15-7-6-13(8-16(15)19)21-17(24)22-14-9-20-23(11-14)10-12-4-2-1-3-5-12/h1-9,11H,10H2,(H2,21,22,24).